The van der Waals surface area contributed by atoms with Crippen LogP contribution in [0, 0.1) is 0 Å². The Morgan fingerprint density at radius 3 is 2.57 bits per heavy atom. The van der Waals surface area contributed by atoms with Crippen LogP contribution >= 0.6 is 22.7 Å². The molecule has 0 spiro atoms. The van der Waals surface area contributed by atoms with Crippen molar-refractivity contribution in [2.75, 3.05) is 33.2 Å². The Bertz CT molecular complexity index is 840. The first kappa shape index (κ1) is 22.9. The molecule has 0 aliphatic rings. The van der Waals surface area contributed by atoms with E-state index in [1.807, 2.05) is 19.9 Å². The molecule has 1 unspecified atom stereocenters. The van der Waals surface area contributed by atoms with Crippen LogP contribution in [0.15, 0.2) is 38.8 Å². The van der Waals surface area contributed by atoms with Crippen LogP contribution in [-0.2, 0) is 16.4 Å². The number of hydrogen-bond donors (Lipinski definition) is 2. The molecular weight excluding hydrogens is 412 g/mol. The lowest BCUT2D eigenvalue weighted by atomic mass is 10.1. The van der Waals surface area contributed by atoms with E-state index in [2.05, 4.69) is 40.1 Å². The van der Waals surface area contributed by atoms with Crippen molar-refractivity contribution < 1.29 is 8.42 Å². The molecule has 0 bridgehead atoms. The quantitative estimate of drug-likeness (QED) is 0.437. The first-order chi connectivity index (χ1) is 13.4. The zero-order valence-corrected chi connectivity index (χ0v) is 19.4. The standard InChI is InChI=1S/C19H30N4O2S3/c1-5-23(6-2)28(24,25)18-10-9-16(27-18)11-12-21-19(20-4)22-14-15(3)17-8-7-13-26-17/h7-10,13,15H,5-6,11-12,14H2,1-4H3,(H2,20,21,22). The van der Waals surface area contributed by atoms with Gasteiger partial charge in [-0.05, 0) is 30.0 Å². The number of guanidine groups is 1. The molecule has 0 fully saturated rings. The molecule has 28 heavy (non-hydrogen) atoms. The number of aliphatic imine (C=N–C) groups is 1. The minimum Gasteiger partial charge on any atom is -0.356 e. The van der Waals surface area contributed by atoms with E-state index in [0.29, 0.717) is 29.8 Å². The van der Waals surface area contributed by atoms with Crippen LogP contribution in [0.2, 0.25) is 0 Å². The van der Waals surface area contributed by atoms with Gasteiger partial charge in [0.05, 0.1) is 0 Å². The molecule has 6 nitrogen and oxygen atoms in total. The van der Waals surface area contributed by atoms with Crippen molar-refractivity contribution in [3.63, 3.8) is 0 Å². The van der Waals surface area contributed by atoms with Crippen LogP contribution in [0.25, 0.3) is 0 Å². The Morgan fingerprint density at radius 2 is 1.96 bits per heavy atom. The summed E-state index contributed by atoms with van der Waals surface area (Å²) >= 11 is 3.11. The summed E-state index contributed by atoms with van der Waals surface area (Å²) in [5, 5.41) is 8.74. The highest BCUT2D eigenvalue weighted by Gasteiger charge is 2.23. The van der Waals surface area contributed by atoms with E-state index in [-0.39, 0.29) is 0 Å². The second-order valence-electron chi connectivity index (χ2n) is 6.36. The van der Waals surface area contributed by atoms with Gasteiger partial charge in [0.25, 0.3) is 10.0 Å². The normalized spacial score (nSPS) is 13.7. The summed E-state index contributed by atoms with van der Waals surface area (Å²) in [4.78, 5) is 6.65. The van der Waals surface area contributed by atoms with Gasteiger partial charge >= 0.3 is 0 Å². The van der Waals surface area contributed by atoms with E-state index in [0.717, 1.165) is 23.8 Å². The molecule has 0 saturated heterocycles. The Kier molecular flexibility index (Phi) is 8.94. The molecule has 2 heterocycles. The number of nitrogens with one attached hydrogen (secondary N) is 2. The van der Waals surface area contributed by atoms with Crippen LogP contribution < -0.4 is 10.6 Å². The fourth-order valence-electron chi connectivity index (χ4n) is 2.77. The molecule has 2 aromatic heterocycles. The van der Waals surface area contributed by atoms with Gasteiger partial charge in [-0.25, -0.2) is 8.42 Å². The van der Waals surface area contributed by atoms with Gasteiger partial charge in [-0.15, -0.1) is 22.7 Å². The predicted octanol–water partition coefficient (Wildman–Crippen LogP) is 3.35. The third kappa shape index (κ3) is 6.04. The number of nitrogens with zero attached hydrogens (tertiary/aromatic N) is 2. The van der Waals surface area contributed by atoms with Crippen LogP contribution in [0.3, 0.4) is 0 Å². The van der Waals surface area contributed by atoms with Crippen molar-refractivity contribution in [2.45, 2.75) is 37.3 Å². The van der Waals surface area contributed by atoms with Crippen molar-refractivity contribution in [3.8, 4) is 0 Å². The van der Waals surface area contributed by atoms with Crippen molar-refractivity contribution in [3.05, 3.63) is 39.4 Å². The Labute approximate surface area is 176 Å². The molecule has 1 atom stereocenters. The van der Waals surface area contributed by atoms with Crippen molar-refractivity contribution in [2.24, 2.45) is 4.99 Å². The van der Waals surface area contributed by atoms with E-state index >= 15 is 0 Å². The first-order valence-corrected chi connectivity index (χ1v) is 12.6. The lowest BCUT2D eigenvalue weighted by Crippen LogP contribution is -2.39. The van der Waals surface area contributed by atoms with Gasteiger partial charge in [0, 0.05) is 48.9 Å². The maximum absolute atomic E-state index is 12.6. The SMILES string of the molecule is CCN(CC)S(=O)(=O)c1ccc(CCNC(=NC)NCC(C)c2cccs2)s1. The maximum atomic E-state index is 12.6. The van der Waals surface area contributed by atoms with E-state index < -0.39 is 10.0 Å². The zero-order valence-electron chi connectivity index (χ0n) is 16.9. The third-order valence-electron chi connectivity index (χ3n) is 4.43. The summed E-state index contributed by atoms with van der Waals surface area (Å²) in [6, 6.07) is 7.83. The molecule has 2 N–H and O–H groups in total. The molecule has 0 saturated carbocycles. The molecule has 2 aromatic rings. The number of hydrogen-bond acceptors (Lipinski definition) is 5. The highest BCUT2D eigenvalue weighted by molar-refractivity contribution is 7.91. The number of sulfonamides is 1. The molecule has 9 heteroatoms. The van der Waals surface area contributed by atoms with Crippen molar-refractivity contribution >= 4 is 38.7 Å². The van der Waals surface area contributed by atoms with E-state index in [1.165, 1.54) is 20.5 Å². The van der Waals surface area contributed by atoms with Gasteiger partial charge in [-0.3, -0.25) is 4.99 Å². The monoisotopic (exact) mass is 442 g/mol. The molecule has 0 amide bonds. The highest BCUT2D eigenvalue weighted by Crippen LogP contribution is 2.25. The van der Waals surface area contributed by atoms with Gasteiger partial charge in [0.1, 0.15) is 4.21 Å². The molecule has 0 aliphatic heterocycles. The summed E-state index contributed by atoms with van der Waals surface area (Å²) in [6.45, 7) is 8.38. The average molecular weight is 443 g/mol. The van der Waals surface area contributed by atoms with Crippen molar-refractivity contribution in [1.82, 2.24) is 14.9 Å². The van der Waals surface area contributed by atoms with Crippen LogP contribution in [0.1, 0.15) is 36.4 Å². The highest BCUT2D eigenvalue weighted by atomic mass is 32.2. The maximum Gasteiger partial charge on any atom is 0.252 e. The molecule has 0 aliphatic carbocycles. The lowest BCUT2D eigenvalue weighted by Gasteiger charge is -2.16. The van der Waals surface area contributed by atoms with E-state index in [1.54, 1.807) is 24.5 Å². The fraction of sp³-hybridized carbons (Fsp3) is 0.526. The Morgan fingerprint density at radius 1 is 1.21 bits per heavy atom. The Balaban J connectivity index is 1.83. The Hall–Kier alpha value is -1.42. The van der Waals surface area contributed by atoms with E-state index in [9.17, 15) is 8.42 Å². The summed E-state index contributed by atoms with van der Waals surface area (Å²) in [5.74, 6) is 1.18. The summed E-state index contributed by atoms with van der Waals surface area (Å²) in [6.07, 6.45) is 0.750. The topological polar surface area (TPSA) is 73.8 Å². The van der Waals surface area contributed by atoms with Gasteiger partial charge in [0.2, 0.25) is 0 Å². The second kappa shape index (κ2) is 10.9. The predicted molar refractivity (Wildman–Crippen MR) is 120 cm³/mol. The van der Waals surface area contributed by atoms with Crippen LogP contribution in [0.5, 0.6) is 0 Å². The molecule has 156 valence electrons. The summed E-state index contributed by atoms with van der Waals surface area (Å²) in [7, 11) is -1.61. The van der Waals surface area contributed by atoms with E-state index in [4.69, 9.17) is 0 Å². The lowest BCUT2D eigenvalue weighted by molar-refractivity contribution is 0.447. The minimum absolute atomic E-state index is 0.415. The molecule has 0 aromatic carbocycles. The number of rotatable bonds is 10. The van der Waals surface area contributed by atoms with Gasteiger partial charge in [0.15, 0.2) is 5.96 Å². The number of thiophene rings is 2. The second-order valence-corrected chi connectivity index (χ2v) is 10.7. The van der Waals surface area contributed by atoms with Crippen LogP contribution in [-0.4, -0.2) is 51.9 Å². The van der Waals surface area contributed by atoms with Gasteiger partial charge in [-0.2, -0.15) is 4.31 Å². The molecule has 2 rings (SSSR count). The average Bonchev–Trinajstić information content (AvgIpc) is 3.37. The first-order valence-electron chi connectivity index (χ1n) is 9.49. The van der Waals surface area contributed by atoms with Crippen LogP contribution in [0.4, 0.5) is 0 Å². The third-order valence-corrected chi connectivity index (χ3v) is 9.19. The summed E-state index contributed by atoms with van der Waals surface area (Å²) < 4.78 is 27.1. The van der Waals surface area contributed by atoms with Gasteiger partial charge in [-0.1, -0.05) is 26.8 Å². The molecule has 0 radical (unpaired) electrons. The minimum atomic E-state index is -3.37. The largest absolute Gasteiger partial charge is 0.356 e. The summed E-state index contributed by atoms with van der Waals surface area (Å²) in [5.41, 5.74) is 0. The zero-order chi connectivity index (χ0) is 20.6. The fourth-order valence-corrected chi connectivity index (χ4v) is 6.52. The smallest absolute Gasteiger partial charge is 0.252 e. The molecular formula is C19H30N4O2S3. The van der Waals surface area contributed by atoms with Gasteiger partial charge < -0.3 is 10.6 Å². The van der Waals surface area contributed by atoms with Crippen molar-refractivity contribution in [1.29, 1.82) is 0 Å².